The molecule has 3 nitrogen and oxygen atoms in total. The highest BCUT2D eigenvalue weighted by Crippen LogP contribution is 2.28. The third-order valence-corrected chi connectivity index (χ3v) is 3.54. The number of rotatable bonds is 6. The van der Waals surface area contributed by atoms with Crippen LogP contribution >= 0.6 is 23.2 Å². The van der Waals surface area contributed by atoms with Gasteiger partial charge in [0.25, 0.3) is 0 Å². The van der Waals surface area contributed by atoms with Gasteiger partial charge in [-0.1, -0.05) is 29.3 Å². The first-order chi connectivity index (χ1) is 10.1. The van der Waals surface area contributed by atoms with Crippen molar-refractivity contribution in [1.82, 2.24) is 0 Å². The van der Waals surface area contributed by atoms with Gasteiger partial charge in [0.05, 0.1) is 23.8 Å². The molecule has 21 heavy (non-hydrogen) atoms. The van der Waals surface area contributed by atoms with Crippen LogP contribution in [0.2, 0.25) is 10.0 Å². The van der Waals surface area contributed by atoms with Crippen molar-refractivity contribution in [2.24, 2.45) is 0 Å². The number of halogens is 2. The van der Waals surface area contributed by atoms with Crippen LogP contribution in [-0.4, -0.2) is 13.7 Å². The Balaban J connectivity index is 2.02. The van der Waals surface area contributed by atoms with Crippen molar-refractivity contribution in [3.8, 4) is 11.5 Å². The molecule has 2 aromatic rings. The lowest BCUT2D eigenvalue weighted by Gasteiger charge is -2.11. The van der Waals surface area contributed by atoms with Crippen LogP contribution < -0.4 is 14.8 Å². The molecule has 0 unspecified atom stereocenters. The summed E-state index contributed by atoms with van der Waals surface area (Å²) in [5.41, 5.74) is 1.99. The second kappa shape index (κ2) is 7.43. The Morgan fingerprint density at radius 2 is 1.71 bits per heavy atom. The van der Waals surface area contributed by atoms with Gasteiger partial charge in [-0.05, 0) is 42.8 Å². The third-order valence-electron chi connectivity index (χ3n) is 2.94. The molecule has 0 saturated heterocycles. The largest absolute Gasteiger partial charge is 0.495 e. The van der Waals surface area contributed by atoms with Crippen molar-refractivity contribution < 1.29 is 9.47 Å². The van der Waals surface area contributed by atoms with Gasteiger partial charge in [-0.25, -0.2) is 0 Å². The lowest BCUT2D eigenvalue weighted by Crippen LogP contribution is -2.00. The first-order valence-electron chi connectivity index (χ1n) is 6.62. The molecule has 1 N–H and O–H groups in total. The maximum Gasteiger partial charge on any atom is 0.138 e. The van der Waals surface area contributed by atoms with E-state index in [1.165, 1.54) is 0 Å². The van der Waals surface area contributed by atoms with Crippen LogP contribution in [0.4, 0.5) is 5.69 Å². The van der Waals surface area contributed by atoms with Gasteiger partial charge in [-0.15, -0.1) is 0 Å². The normalized spacial score (nSPS) is 10.3. The Labute approximate surface area is 134 Å². The van der Waals surface area contributed by atoms with E-state index in [1.807, 2.05) is 43.3 Å². The van der Waals surface area contributed by atoms with Crippen LogP contribution in [-0.2, 0) is 6.54 Å². The van der Waals surface area contributed by atoms with Crippen molar-refractivity contribution >= 4 is 28.9 Å². The summed E-state index contributed by atoms with van der Waals surface area (Å²) in [7, 11) is 1.60. The highest BCUT2D eigenvalue weighted by molar-refractivity contribution is 6.32. The fourth-order valence-electron chi connectivity index (χ4n) is 1.91. The van der Waals surface area contributed by atoms with Crippen molar-refractivity contribution in [2.75, 3.05) is 19.0 Å². The summed E-state index contributed by atoms with van der Waals surface area (Å²) in [6.07, 6.45) is 0. The summed E-state index contributed by atoms with van der Waals surface area (Å²) in [6.45, 7) is 3.17. The van der Waals surface area contributed by atoms with E-state index in [0.29, 0.717) is 34.7 Å². The van der Waals surface area contributed by atoms with Crippen LogP contribution in [0.5, 0.6) is 11.5 Å². The maximum atomic E-state index is 6.15. The minimum Gasteiger partial charge on any atom is -0.495 e. The van der Waals surface area contributed by atoms with Gasteiger partial charge >= 0.3 is 0 Å². The summed E-state index contributed by atoms with van der Waals surface area (Å²) in [5, 5.41) is 4.49. The molecule has 0 heterocycles. The Hall–Kier alpha value is -1.58. The first-order valence-corrected chi connectivity index (χ1v) is 7.38. The van der Waals surface area contributed by atoms with E-state index in [0.717, 1.165) is 11.3 Å². The molecule has 0 spiro atoms. The van der Waals surface area contributed by atoms with Crippen molar-refractivity contribution in [1.29, 1.82) is 0 Å². The average molecular weight is 326 g/mol. The van der Waals surface area contributed by atoms with Crippen LogP contribution in [0.25, 0.3) is 0 Å². The quantitative estimate of drug-likeness (QED) is 0.809. The summed E-state index contributed by atoms with van der Waals surface area (Å²) in [4.78, 5) is 0. The number of methoxy groups -OCH3 is 1. The van der Waals surface area contributed by atoms with Crippen LogP contribution in [0.3, 0.4) is 0 Å². The van der Waals surface area contributed by atoms with Crippen LogP contribution in [0.1, 0.15) is 12.5 Å². The van der Waals surface area contributed by atoms with Gasteiger partial charge in [0.15, 0.2) is 0 Å². The summed E-state index contributed by atoms with van der Waals surface area (Å²) < 4.78 is 10.5. The second-order valence-electron chi connectivity index (χ2n) is 4.40. The number of hydrogen-bond acceptors (Lipinski definition) is 3. The van der Waals surface area contributed by atoms with E-state index in [-0.39, 0.29) is 0 Å². The highest BCUT2D eigenvalue weighted by Gasteiger charge is 2.04. The van der Waals surface area contributed by atoms with Crippen LogP contribution in [0, 0.1) is 0 Å². The average Bonchev–Trinajstić information content (AvgIpc) is 2.48. The predicted molar refractivity (Wildman–Crippen MR) is 88.0 cm³/mol. The summed E-state index contributed by atoms with van der Waals surface area (Å²) in [6, 6.07) is 11.3. The van der Waals surface area contributed by atoms with Gasteiger partial charge in [0.1, 0.15) is 11.5 Å². The zero-order chi connectivity index (χ0) is 15.2. The van der Waals surface area contributed by atoms with Gasteiger partial charge < -0.3 is 14.8 Å². The molecule has 0 saturated carbocycles. The highest BCUT2D eigenvalue weighted by atomic mass is 35.5. The van der Waals surface area contributed by atoms with Crippen molar-refractivity contribution in [3.63, 3.8) is 0 Å². The summed E-state index contributed by atoms with van der Waals surface area (Å²) >= 11 is 12.3. The van der Waals surface area contributed by atoms with Gasteiger partial charge in [-0.2, -0.15) is 0 Å². The second-order valence-corrected chi connectivity index (χ2v) is 5.22. The predicted octanol–water partition coefficient (Wildman–Crippen LogP) is 5.01. The van der Waals surface area contributed by atoms with Crippen LogP contribution in [0.15, 0.2) is 36.4 Å². The minimum absolute atomic E-state index is 0.592. The smallest absolute Gasteiger partial charge is 0.138 e. The van der Waals surface area contributed by atoms with E-state index in [4.69, 9.17) is 32.7 Å². The van der Waals surface area contributed by atoms with E-state index in [9.17, 15) is 0 Å². The molecule has 2 aromatic carbocycles. The molecule has 0 aliphatic heterocycles. The molecule has 0 bridgehead atoms. The maximum absolute atomic E-state index is 6.15. The number of nitrogens with one attached hydrogen (secondary N) is 1. The molecular weight excluding hydrogens is 309 g/mol. The lowest BCUT2D eigenvalue weighted by molar-refractivity contribution is 0.340. The Morgan fingerprint density at radius 1 is 1.00 bits per heavy atom. The minimum atomic E-state index is 0.592. The molecule has 0 aliphatic rings. The number of hydrogen-bond donors (Lipinski definition) is 1. The molecular formula is C16H17Cl2NO2. The SMILES string of the molecule is CCOc1ccc(NCc2ccc(OC)c(Cl)c2)cc1Cl. The Bertz CT molecular complexity index is 617. The first kappa shape index (κ1) is 15.8. The van der Waals surface area contributed by atoms with E-state index >= 15 is 0 Å². The molecule has 0 aromatic heterocycles. The van der Waals surface area contributed by atoms with E-state index < -0.39 is 0 Å². The monoisotopic (exact) mass is 325 g/mol. The van der Waals surface area contributed by atoms with E-state index in [1.54, 1.807) is 7.11 Å². The molecule has 2 rings (SSSR count). The molecule has 0 fully saturated rings. The standard InChI is InChI=1S/C16H17Cl2NO2/c1-3-21-16-7-5-12(9-14(16)18)19-10-11-4-6-15(20-2)13(17)8-11/h4-9,19H,3,10H2,1-2H3. The zero-order valence-corrected chi connectivity index (χ0v) is 13.5. The third kappa shape index (κ3) is 4.19. The summed E-state index contributed by atoms with van der Waals surface area (Å²) in [5.74, 6) is 1.36. The number of ether oxygens (including phenoxy) is 2. The van der Waals surface area contributed by atoms with Gasteiger partial charge in [-0.3, -0.25) is 0 Å². The topological polar surface area (TPSA) is 30.5 Å². The molecule has 5 heteroatoms. The van der Waals surface area contributed by atoms with Gasteiger partial charge in [0, 0.05) is 12.2 Å². The van der Waals surface area contributed by atoms with Gasteiger partial charge in [0.2, 0.25) is 0 Å². The molecule has 0 amide bonds. The van der Waals surface area contributed by atoms with Crippen molar-refractivity contribution in [2.45, 2.75) is 13.5 Å². The molecule has 0 aliphatic carbocycles. The molecule has 0 atom stereocenters. The Kier molecular flexibility index (Phi) is 5.59. The fourth-order valence-corrected chi connectivity index (χ4v) is 2.42. The lowest BCUT2D eigenvalue weighted by atomic mass is 10.2. The van der Waals surface area contributed by atoms with Crippen molar-refractivity contribution in [3.05, 3.63) is 52.0 Å². The molecule has 0 radical (unpaired) electrons. The number of anilines is 1. The Morgan fingerprint density at radius 3 is 2.33 bits per heavy atom. The number of benzene rings is 2. The fraction of sp³-hybridized carbons (Fsp3) is 0.250. The van der Waals surface area contributed by atoms with E-state index in [2.05, 4.69) is 5.32 Å². The molecule has 112 valence electrons. The zero-order valence-electron chi connectivity index (χ0n) is 12.0.